The summed E-state index contributed by atoms with van der Waals surface area (Å²) in [6.07, 6.45) is 14.2. The fourth-order valence-corrected chi connectivity index (χ4v) is 6.14. The number of rotatable bonds is 6. The second-order valence-electron chi connectivity index (χ2n) is 10.9. The molecule has 0 aromatic carbocycles. The van der Waals surface area contributed by atoms with Crippen molar-refractivity contribution in [2.75, 3.05) is 0 Å². The first-order chi connectivity index (χ1) is 14.3. The predicted octanol–water partition coefficient (Wildman–Crippen LogP) is 6.60. The summed E-state index contributed by atoms with van der Waals surface area (Å²) in [6, 6.07) is 0. The quantitative estimate of drug-likeness (QED) is 0.454. The van der Waals surface area contributed by atoms with Crippen LogP contribution >= 0.6 is 0 Å². The normalized spacial score (nSPS) is 28.9. The lowest BCUT2D eigenvalue weighted by Crippen LogP contribution is -2.48. The molecule has 4 heteroatoms. The van der Waals surface area contributed by atoms with Crippen LogP contribution in [-0.4, -0.2) is 23.1 Å². The zero-order valence-corrected chi connectivity index (χ0v) is 19.8. The van der Waals surface area contributed by atoms with E-state index in [1.807, 2.05) is 0 Å². The van der Waals surface area contributed by atoms with Crippen molar-refractivity contribution in [3.05, 3.63) is 0 Å². The highest BCUT2D eigenvalue weighted by Gasteiger charge is 2.46. The van der Waals surface area contributed by atoms with Crippen molar-refractivity contribution in [3.63, 3.8) is 0 Å². The van der Waals surface area contributed by atoms with Gasteiger partial charge in [-0.15, -0.1) is 0 Å². The van der Waals surface area contributed by atoms with Crippen LogP contribution in [0.1, 0.15) is 118 Å². The average Bonchev–Trinajstić information content (AvgIpc) is 2.74. The van der Waals surface area contributed by atoms with Crippen molar-refractivity contribution in [1.82, 2.24) is 0 Å². The molecule has 3 aliphatic rings. The first-order valence-electron chi connectivity index (χ1n) is 12.8. The van der Waals surface area contributed by atoms with Crippen LogP contribution in [0.15, 0.2) is 0 Å². The van der Waals surface area contributed by atoms with Crippen LogP contribution in [0.3, 0.4) is 0 Å². The van der Waals surface area contributed by atoms with Crippen molar-refractivity contribution in [3.8, 4) is 0 Å². The van der Waals surface area contributed by atoms with E-state index < -0.39 is 0 Å². The molecule has 0 N–H and O–H groups in total. The molecular weight excluding hydrogens is 376 g/mol. The molecule has 2 atom stereocenters. The zero-order valence-electron chi connectivity index (χ0n) is 19.8. The molecule has 3 saturated carbocycles. The van der Waals surface area contributed by atoms with Gasteiger partial charge in [-0.25, -0.2) is 0 Å². The van der Waals surface area contributed by atoms with E-state index in [-0.39, 0.29) is 35.0 Å². The van der Waals surface area contributed by atoms with Gasteiger partial charge in [-0.05, 0) is 76.0 Å². The van der Waals surface area contributed by atoms with E-state index in [1.54, 1.807) is 0 Å². The van der Waals surface area contributed by atoms with Crippen LogP contribution in [-0.2, 0) is 19.1 Å². The van der Waals surface area contributed by atoms with Crippen LogP contribution < -0.4 is 0 Å². The third kappa shape index (κ3) is 5.05. The van der Waals surface area contributed by atoms with Crippen LogP contribution in [0.5, 0.6) is 0 Å². The minimum absolute atomic E-state index is 0.144. The number of esters is 2. The van der Waals surface area contributed by atoms with Crippen molar-refractivity contribution < 1.29 is 19.1 Å². The molecule has 30 heavy (non-hydrogen) atoms. The second kappa shape index (κ2) is 10.0. The Labute approximate surface area is 183 Å². The van der Waals surface area contributed by atoms with E-state index in [0.29, 0.717) is 11.8 Å². The fraction of sp³-hybridized carbons (Fsp3) is 0.923. The molecule has 0 aliphatic heterocycles. The van der Waals surface area contributed by atoms with Crippen LogP contribution in [0.25, 0.3) is 0 Å². The lowest BCUT2D eigenvalue weighted by molar-refractivity contribution is -0.189. The number of hydrogen-bond acceptors (Lipinski definition) is 4. The summed E-state index contributed by atoms with van der Waals surface area (Å²) in [5, 5.41) is 0. The second-order valence-corrected chi connectivity index (χ2v) is 10.9. The summed E-state index contributed by atoms with van der Waals surface area (Å²) < 4.78 is 12.6. The molecule has 0 heterocycles. The van der Waals surface area contributed by atoms with Gasteiger partial charge in [-0.2, -0.15) is 0 Å². The van der Waals surface area contributed by atoms with Gasteiger partial charge in [-0.3, -0.25) is 9.59 Å². The molecule has 3 aliphatic carbocycles. The predicted molar refractivity (Wildman–Crippen MR) is 119 cm³/mol. The number of ether oxygens (including phenoxy) is 2. The van der Waals surface area contributed by atoms with Crippen molar-refractivity contribution in [2.45, 2.75) is 129 Å². The van der Waals surface area contributed by atoms with Crippen LogP contribution in [0.4, 0.5) is 0 Å². The maximum Gasteiger partial charge on any atom is 0.310 e. The SMILES string of the molecule is CC(C)C1(OC(=O)C2CCCCC2C(=O)OC2(C(C)C)CCCCC2)CCCCC1. The average molecular weight is 421 g/mol. The van der Waals surface area contributed by atoms with E-state index in [1.165, 1.54) is 12.8 Å². The Hall–Kier alpha value is -1.06. The Bertz CT molecular complexity index is 530. The third-order valence-electron chi connectivity index (χ3n) is 8.48. The van der Waals surface area contributed by atoms with Gasteiger partial charge < -0.3 is 9.47 Å². The van der Waals surface area contributed by atoms with Gasteiger partial charge in [-0.1, -0.05) is 53.4 Å². The molecule has 0 aromatic heterocycles. The highest BCUT2D eigenvalue weighted by Crippen LogP contribution is 2.43. The largest absolute Gasteiger partial charge is 0.459 e. The summed E-state index contributed by atoms with van der Waals surface area (Å²) >= 11 is 0. The minimum Gasteiger partial charge on any atom is -0.459 e. The molecule has 3 rings (SSSR count). The third-order valence-corrected chi connectivity index (χ3v) is 8.48. The monoisotopic (exact) mass is 420 g/mol. The van der Waals surface area contributed by atoms with Gasteiger partial charge in [0.2, 0.25) is 0 Å². The molecule has 3 fully saturated rings. The molecule has 0 saturated heterocycles. The molecular formula is C26H44O4. The van der Waals surface area contributed by atoms with Crippen molar-refractivity contribution in [1.29, 1.82) is 0 Å². The van der Waals surface area contributed by atoms with E-state index in [4.69, 9.17) is 9.47 Å². The Kier molecular flexibility index (Phi) is 7.90. The summed E-state index contributed by atoms with van der Waals surface area (Å²) in [4.78, 5) is 26.7. The van der Waals surface area contributed by atoms with Gasteiger partial charge in [0.05, 0.1) is 11.8 Å². The lowest BCUT2D eigenvalue weighted by atomic mass is 9.75. The van der Waals surface area contributed by atoms with E-state index >= 15 is 0 Å². The summed E-state index contributed by atoms with van der Waals surface area (Å²) in [6.45, 7) is 8.67. The topological polar surface area (TPSA) is 52.6 Å². The lowest BCUT2D eigenvalue weighted by Gasteiger charge is -2.43. The maximum atomic E-state index is 13.4. The molecule has 0 bridgehead atoms. The number of carbonyl (C=O) groups is 2. The summed E-state index contributed by atoms with van der Waals surface area (Å²) in [5.74, 6) is -0.346. The smallest absolute Gasteiger partial charge is 0.310 e. The van der Waals surface area contributed by atoms with E-state index in [9.17, 15) is 9.59 Å². The van der Waals surface area contributed by atoms with Gasteiger partial charge in [0.15, 0.2) is 0 Å². The minimum atomic E-state index is -0.343. The Morgan fingerprint density at radius 3 is 1.23 bits per heavy atom. The molecule has 0 amide bonds. The molecule has 0 spiro atoms. The fourth-order valence-electron chi connectivity index (χ4n) is 6.14. The molecule has 0 aromatic rings. The number of hydrogen-bond donors (Lipinski definition) is 0. The molecule has 4 nitrogen and oxygen atoms in total. The van der Waals surface area contributed by atoms with E-state index in [2.05, 4.69) is 27.7 Å². The first kappa shape index (κ1) is 23.6. The van der Waals surface area contributed by atoms with Crippen molar-refractivity contribution in [2.24, 2.45) is 23.7 Å². The standard InChI is InChI=1S/C26H44O4/c1-19(2)25(15-9-5-10-16-25)29-23(27)21-13-7-8-14-22(21)24(28)30-26(20(3)4)17-11-6-12-18-26/h19-22H,5-18H2,1-4H3. The van der Waals surface area contributed by atoms with Gasteiger partial charge in [0.1, 0.15) is 11.2 Å². The highest BCUT2D eigenvalue weighted by molar-refractivity contribution is 5.82. The van der Waals surface area contributed by atoms with Crippen LogP contribution in [0, 0.1) is 23.7 Å². The zero-order chi connectivity index (χ0) is 21.8. The van der Waals surface area contributed by atoms with Gasteiger partial charge >= 0.3 is 11.9 Å². The van der Waals surface area contributed by atoms with Crippen LogP contribution in [0.2, 0.25) is 0 Å². The Balaban J connectivity index is 1.72. The van der Waals surface area contributed by atoms with Gasteiger partial charge in [0.25, 0.3) is 0 Å². The first-order valence-corrected chi connectivity index (χ1v) is 12.8. The highest BCUT2D eigenvalue weighted by atomic mass is 16.6. The van der Waals surface area contributed by atoms with Gasteiger partial charge in [0, 0.05) is 0 Å². The summed E-state index contributed by atoms with van der Waals surface area (Å²) in [5.41, 5.74) is -0.687. The maximum absolute atomic E-state index is 13.4. The molecule has 0 radical (unpaired) electrons. The Morgan fingerprint density at radius 2 is 0.933 bits per heavy atom. The molecule has 2 unspecified atom stereocenters. The number of carbonyl (C=O) groups excluding carboxylic acids is 2. The molecule has 172 valence electrons. The van der Waals surface area contributed by atoms with Crippen molar-refractivity contribution >= 4 is 11.9 Å². The van der Waals surface area contributed by atoms with E-state index in [0.717, 1.165) is 77.0 Å². The Morgan fingerprint density at radius 1 is 0.600 bits per heavy atom. The summed E-state index contributed by atoms with van der Waals surface area (Å²) in [7, 11) is 0.